The van der Waals surface area contributed by atoms with Crippen LogP contribution in [0.25, 0.3) is 5.69 Å². The largest absolute Gasteiger partial charge is 0.385 e. The molecule has 0 radical (unpaired) electrons. The number of aryl methyl sites for hydroxylation is 1. The fourth-order valence-electron chi connectivity index (χ4n) is 2.63. The maximum atomic E-state index is 12.4. The van der Waals surface area contributed by atoms with Crippen LogP contribution in [-0.4, -0.2) is 21.2 Å². The summed E-state index contributed by atoms with van der Waals surface area (Å²) in [4.78, 5) is 28.3. The predicted octanol–water partition coefficient (Wildman–Crippen LogP) is 3.82. The van der Waals surface area contributed by atoms with Crippen LogP contribution in [0.5, 0.6) is 0 Å². The van der Waals surface area contributed by atoms with Gasteiger partial charge in [0.25, 0.3) is 5.56 Å². The number of thioether (sulfide) groups is 1. The van der Waals surface area contributed by atoms with Crippen molar-refractivity contribution in [3.05, 3.63) is 75.0 Å². The summed E-state index contributed by atoms with van der Waals surface area (Å²) in [5.41, 5.74) is 9.15. The van der Waals surface area contributed by atoms with E-state index >= 15 is 0 Å². The first-order valence-corrected chi connectivity index (χ1v) is 9.86. The first-order valence-electron chi connectivity index (χ1n) is 8.49. The Morgan fingerprint density at radius 2 is 1.93 bits per heavy atom. The predicted molar refractivity (Wildman–Crippen MR) is 115 cm³/mol. The maximum absolute atomic E-state index is 12.4. The number of carbonyl (C=O) groups excluding carboxylic acids is 1. The molecule has 0 saturated heterocycles. The molecule has 0 atom stereocenters. The van der Waals surface area contributed by atoms with Gasteiger partial charge in [-0.3, -0.25) is 14.2 Å². The van der Waals surface area contributed by atoms with Gasteiger partial charge in [0.15, 0.2) is 5.16 Å². The lowest BCUT2D eigenvalue weighted by Gasteiger charge is -2.15. The molecule has 3 rings (SSSR count). The summed E-state index contributed by atoms with van der Waals surface area (Å²) in [5, 5.41) is 3.81. The van der Waals surface area contributed by atoms with Crippen LogP contribution in [-0.2, 0) is 4.79 Å². The van der Waals surface area contributed by atoms with Crippen molar-refractivity contribution in [1.82, 2.24) is 9.55 Å². The molecule has 0 aliphatic rings. The van der Waals surface area contributed by atoms with Crippen LogP contribution in [0.15, 0.2) is 58.5 Å². The number of nitrogens with two attached hydrogens (primary N) is 1. The van der Waals surface area contributed by atoms with Gasteiger partial charge in [0, 0.05) is 22.5 Å². The van der Waals surface area contributed by atoms with Crippen molar-refractivity contribution in [2.45, 2.75) is 19.0 Å². The van der Waals surface area contributed by atoms with Crippen LogP contribution < -0.4 is 16.6 Å². The minimum atomic E-state index is -0.458. The average Bonchev–Trinajstić information content (AvgIpc) is 2.64. The summed E-state index contributed by atoms with van der Waals surface area (Å²) in [7, 11) is 0. The quantitative estimate of drug-likeness (QED) is 0.489. The van der Waals surface area contributed by atoms with E-state index in [0.29, 0.717) is 15.9 Å². The maximum Gasteiger partial charge on any atom is 0.275 e. The molecule has 8 heteroatoms. The number of nitrogen functional groups attached to an aromatic ring is 1. The highest BCUT2D eigenvalue weighted by Crippen LogP contribution is 2.24. The Hall–Kier alpha value is -2.77. The van der Waals surface area contributed by atoms with Crippen LogP contribution in [0.4, 0.5) is 11.5 Å². The number of hydrogen-bond acceptors (Lipinski definition) is 5. The molecule has 3 aromatic rings. The Morgan fingerprint density at radius 1 is 1.21 bits per heavy atom. The molecule has 1 aromatic heterocycles. The van der Waals surface area contributed by atoms with Crippen molar-refractivity contribution in [1.29, 1.82) is 0 Å². The number of nitrogens with one attached hydrogen (secondary N) is 1. The molecule has 28 heavy (non-hydrogen) atoms. The molecule has 0 unspecified atom stereocenters. The van der Waals surface area contributed by atoms with Gasteiger partial charge in [0.05, 0.1) is 5.75 Å². The van der Waals surface area contributed by atoms with E-state index in [0.717, 1.165) is 28.6 Å². The SMILES string of the molecule is Cc1cccc(NC(=O)CSc2nc(=O)cc(N)n2-c2ccc(Cl)cc2)c1C. The van der Waals surface area contributed by atoms with Crippen molar-refractivity contribution in [2.24, 2.45) is 0 Å². The Kier molecular flexibility index (Phi) is 6.06. The molecule has 0 aliphatic heterocycles. The van der Waals surface area contributed by atoms with Gasteiger partial charge in [-0.25, -0.2) is 0 Å². The molecule has 0 bridgehead atoms. The molecular weight excluding hydrogens is 396 g/mol. The highest BCUT2D eigenvalue weighted by Gasteiger charge is 2.13. The third kappa shape index (κ3) is 4.55. The fraction of sp³-hybridized carbons (Fsp3) is 0.150. The fourth-order valence-corrected chi connectivity index (χ4v) is 3.58. The van der Waals surface area contributed by atoms with Crippen molar-refractivity contribution < 1.29 is 4.79 Å². The zero-order chi connectivity index (χ0) is 20.3. The van der Waals surface area contributed by atoms with Gasteiger partial charge in [-0.05, 0) is 55.3 Å². The lowest BCUT2D eigenvalue weighted by atomic mass is 10.1. The molecule has 0 spiro atoms. The monoisotopic (exact) mass is 414 g/mol. The van der Waals surface area contributed by atoms with Gasteiger partial charge in [-0.15, -0.1) is 0 Å². The van der Waals surface area contributed by atoms with Gasteiger partial charge in [0.1, 0.15) is 5.82 Å². The van der Waals surface area contributed by atoms with Crippen LogP contribution in [0, 0.1) is 13.8 Å². The molecular formula is C20H19ClN4O2S. The van der Waals surface area contributed by atoms with E-state index in [9.17, 15) is 9.59 Å². The lowest BCUT2D eigenvalue weighted by Crippen LogP contribution is -2.19. The number of benzene rings is 2. The first kappa shape index (κ1) is 20.0. The molecule has 0 aliphatic carbocycles. The van der Waals surface area contributed by atoms with Gasteiger partial charge in [0.2, 0.25) is 5.91 Å². The van der Waals surface area contributed by atoms with Crippen molar-refractivity contribution in [3.63, 3.8) is 0 Å². The Labute approximate surface area is 171 Å². The standard InChI is InChI=1S/C20H19ClN4O2S/c1-12-4-3-5-16(13(12)2)23-19(27)11-28-20-24-18(26)10-17(22)25(20)15-8-6-14(21)7-9-15/h3-10H,11,22H2,1-2H3,(H,23,27). The van der Waals surface area contributed by atoms with Crippen molar-refractivity contribution in [2.75, 3.05) is 16.8 Å². The molecule has 2 aromatic carbocycles. The Balaban J connectivity index is 1.82. The van der Waals surface area contributed by atoms with E-state index in [1.807, 2.05) is 32.0 Å². The smallest absolute Gasteiger partial charge is 0.275 e. The highest BCUT2D eigenvalue weighted by atomic mass is 35.5. The van der Waals surface area contributed by atoms with E-state index in [1.54, 1.807) is 28.8 Å². The second-order valence-electron chi connectivity index (χ2n) is 6.20. The highest BCUT2D eigenvalue weighted by molar-refractivity contribution is 7.99. The minimum absolute atomic E-state index is 0.0802. The lowest BCUT2D eigenvalue weighted by molar-refractivity contribution is -0.113. The summed E-state index contributed by atoms with van der Waals surface area (Å²) >= 11 is 7.08. The molecule has 1 heterocycles. The molecule has 0 fully saturated rings. The van der Waals surface area contributed by atoms with Crippen LogP contribution >= 0.6 is 23.4 Å². The summed E-state index contributed by atoms with van der Waals surface area (Å²) in [6.45, 7) is 3.94. The molecule has 1 amide bonds. The van der Waals surface area contributed by atoms with Crippen LogP contribution in [0.1, 0.15) is 11.1 Å². The Morgan fingerprint density at radius 3 is 2.64 bits per heavy atom. The minimum Gasteiger partial charge on any atom is -0.385 e. The molecule has 0 saturated carbocycles. The van der Waals surface area contributed by atoms with Gasteiger partial charge < -0.3 is 11.1 Å². The van der Waals surface area contributed by atoms with Crippen LogP contribution in [0.2, 0.25) is 5.02 Å². The number of anilines is 2. The van der Waals surface area contributed by atoms with E-state index in [4.69, 9.17) is 17.3 Å². The Bertz CT molecular complexity index is 1080. The van der Waals surface area contributed by atoms with Crippen molar-refractivity contribution in [3.8, 4) is 5.69 Å². The second kappa shape index (κ2) is 8.50. The van der Waals surface area contributed by atoms with E-state index in [-0.39, 0.29) is 17.5 Å². The van der Waals surface area contributed by atoms with E-state index in [2.05, 4.69) is 10.3 Å². The summed E-state index contributed by atoms with van der Waals surface area (Å²) < 4.78 is 1.62. The number of halogens is 1. The number of nitrogens with zero attached hydrogens (tertiary/aromatic N) is 2. The number of amides is 1. The first-order chi connectivity index (χ1) is 13.3. The van der Waals surface area contributed by atoms with E-state index < -0.39 is 5.56 Å². The third-order valence-corrected chi connectivity index (χ3v) is 5.41. The number of rotatable bonds is 5. The zero-order valence-corrected chi connectivity index (χ0v) is 17.0. The van der Waals surface area contributed by atoms with Gasteiger partial charge in [-0.1, -0.05) is 35.5 Å². The topological polar surface area (TPSA) is 90.0 Å². The summed E-state index contributed by atoms with van der Waals surface area (Å²) in [6.07, 6.45) is 0. The van der Waals surface area contributed by atoms with Gasteiger partial charge >= 0.3 is 0 Å². The summed E-state index contributed by atoms with van der Waals surface area (Å²) in [6, 6.07) is 14.0. The number of aromatic nitrogens is 2. The third-order valence-electron chi connectivity index (χ3n) is 4.22. The second-order valence-corrected chi connectivity index (χ2v) is 7.58. The van der Waals surface area contributed by atoms with Crippen molar-refractivity contribution >= 4 is 40.8 Å². The normalized spacial score (nSPS) is 10.7. The molecule has 3 N–H and O–H groups in total. The summed E-state index contributed by atoms with van der Waals surface area (Å²) in [5.74, 6) is 0.120. The molecule has 144 valence electrons. The van der Waals surface area contributed by atoms with Gasteiger partial charge in [-0.2, -0.15) is 4.98 Å². The molecule has 6 nitrogen and oxygen atoms in total. The van der Waals surface area contributed by atoms with E-state index in [1.165, 1.54) is 6.07 Å². The number of carbonyl (C=O) groups is 1. The number of hydrogen-bond donors (Lipinski definition) is 2. The van der Waals surface area contributed by atoms with Crippen LogP contribution in [0.3, 0.4) is 0 Å². The zero-order valence-electron chi connectivity index (χ0n) is 15.4. The average molecular weight is 415 g/mol.